The number of amides is 1. The zero-order valence-corrected chi connectivity index (χ0v) is 13.5. The lowest BCUT2D eigenvalue weighted by Gasteiger charge is -2.19. The van der Waals surface area contributed by atoms with Crippen LogP contribution in [-0.2, 0) is 17.6 Å². The first-order valence-corrected chi connectivity index (χ1v) is 8.44. The van der Waals surface area contributed by atoms with Gasteiger partial charge < -0.3 is 10.4 Å². The molecule has 0 saturated carbocycles. The molecule has 0 aliphatic heterocycles. The molecule has 1 aliphatic rings. The van der Waals surface area contributed by atoms with Crippen LogP contribution < -0.4 is 5.32 Å². The molecule has 0 bridgehead atoms. The highest BCUT2D eigenvalue weighted by atomic mass is 32.1. The molecule has 1 heterocycles. The molecule has 1 aromatic rings. The quantitative estimate of drug-likeness (QED) is 0.848. The van der Waals surface area contributed by atoms with Gasteiger partial charge in [0, 0.05) is 23.2 Å². The number of carbonyl (C=O) groups excluding carboxylic acids is 1. The first-order chi connectivity index (χ1) is 9.97. The lowest BCUT2D eigenvalue weighted by molar-refractivity contribution is -0.137. The highest BCUT2D eigenvalue weighted by molar-refractivity contribution is 7.10. The molecule has 116 valence electrons. The number of nitrogens with one attached hydrogen (secondary N) is 1. The van der Waals surface area contributed by atoms with Gasteiger partial charge in [-0.3, -0.25) is 9.59 Å². The Hall–Kier alpha value is -1.36. The van der Waals surface area contributed by atoms with Gasteiger partial charge in [-0.2, -0.15) is 0 Å². The number of carboxylic acid groups (broad SMARTS) is 1. The van der Waals surface area contributed by atoms with E-state index in [0.717, 1.165) is 24.8 Å². The molecule has 0 aromatic carbocycles. The van der Waals surface area contributed by atoms with Crippen molar-refractivity contribution in [3.8, 4) is 0 Å². The topological polar surface area (TPSA) is 66.4 Å². The van der Waals surface area contributed by atoms with Crippen molar-refractivity contribution in [3.05, 3.63) is 21.4 Å². The second-order valence-electron chi connectivity index (χ2n) is 6.15. The second-order valence-corrected chi connectivity index (χ2v) is 7.11. The third kappa shape index (κ3) is 4.30. The van der Waals surface area contributed by atoms with Gasteiger partial charge in [-0.25, -0.2) is 0 Å². The molecule has 2 N–H and O–H groups in total. The molecule has 0 radical (unpaired) electrons. The van der Waals surface area contributed by atoms with E-state index in [2.05, 4.69) is 12.2 Å². The smallest absolute Gasteiger partial charge is 0.303 e. The summed E-state index contributed by atoms with van der Waals surface area (Å²) in [5, 5.41) is 13.6. The molecule has 1 amide bonds. The van der Waals surface area contributed by atoms with Gasteiger partial charge in [-0.15, -0.1) is 11.3 Å². The molecule has 4 nitrogen and oxygen atoms in total. The van der Waals surface area contributed by atoms with Crippen LogP contribution in [0, 0.1) is 11.8 Å². The van der Waals surface area contributed by atoms with Crippen LogP contribution in [0.3, 0.4) is 0 Å². The Labute approximate surface area is 129 Å². The van der Waals surface area contributed by atoms with Gasteiger partial charge in [0.05, 0.1) is 5.56 Å². The fourth-order valence-electron chi connectivity index (χ4n) is 2.70. The standard InChI is InChI=1S/C16H23NO3S/c1-10-3-5-12-13(9-21-14(12)7-10)16(20)17-8-11(2)4-6-15(18)19/h9-11H,3-8H2,1-2H3,(H,17,20)(H,18,19). The van der Waals surface area contributed by atoms with E-state index in [-0.39, 0.29) is 18.2 Å². The Kier molecular flexibility index (Phi) is 5.39. The zero-order valence-electron chi connectivity index (χ0n) is 12.6. The van der Waals surface area contributed by atoms with Crippen LogP contribution in [0.1, 0.15) is 53.9 Å². The van der Waals surface area contributed by atoms with Crippen molar-refractivity contribution in [3.63, 3.8) is 0 Å². The molecule has 2 atom stereocenters. The van der Waals surface area contributed by atoms with Crippen LogP contribution in [0.5, 0.6) is 0 Å². The lowest BCUT2D eigenvalue weighted by Crippen LogP contribution is -2.29. The van der Waals surface area contributed by atoms with Crippen LogP contribution in [-0.4, -0.2) is 23.5 Å². The minimum atomic E-state index is -0.783. The highest BCUT2D eigenvalue weighted by Crippen LogP contribution is 2.32. The van der Waals surface area contributed by atoms with Crippen LogP contribution in [0.15, 0.2) is 5.38 Å². The van der Waals surface area contributed by atoms with E-state index in [1.54, 1.807) is 11.3 Å². The number of rotatable bonds is 6. The SMILES string of the molecule is CC(CCC(=O)O)CNC(=O)c1csc2c1CCC(C)C2. The van der Waals surface area contributed by atoms with Crippen molar-refractivity contribution in [2.75, 3.05) is 6.54 Å². The summed E-state index contributed by atoms with van der Waals surface area (Å²) >= 11 is 1.69. The van der Waals surface area contributed by atoms with E-state index >= 15 is 0 Å². The van der Waals surface area contributed by atoms with Crippen molar-refractivity contribution in [1.82, 2.24) is 5.32 Å². The third-order valence-corrected chi connectivity index (χ3v) is 5.16. The third-order valence-electron chi connectivity index (χ3n) is 4.11. The van der Waals surface area contributed by atoms with Gasteiger partial charge in [-0.05, 0) is 43.1 Å². The van der Waals surface area contributed by atoms with Crippen molar-refractivity contribution in [1.29, 1.82) is 0 Å². The number of carbonyl (C=O) groups is 2. The van der Waals surface area contributed by atoms with Gasteiger partial charge in [-0.1, -0.05) is 13.8 Å². The average molecular weight is 309 g/mol. The second kappa shape index (κ2) is 7.07. The van der Waals surface area contributed by atoms with E-state index in [9.17, 15) is 9.59 Å². The van der Waals surface area contributed by atoms with E-state index in [1.165, 1.54) is 10.4 Å². The van der Waals surface area contributed by atoms with E-state index < -0.39 is 5.97 Å². The summed E-state index contributed by atoms with van der Waals surface area (Å²) in [7, 11) is 0. The number of thiophene rings is 1. The predicted octanol–water partition coefficient (Wildman–Crippen LogP) is 3.10. The first kappa shape index (κ1) is 16.0. The van der Waals surface area contributed by atoms with E-state index in [1.807, 2.05) is 12.3 Å². The minimum absolute atomic E-state index is 0.00997. The largest absolute Gasteiger partial charge is 0.481 e. The number of hydrogen-bond acceptors (Lipinski definition) is 3. The van der Waals surface area contributed by atoms with Crippen molar-refractivity contribution in [2.24, 2.45) is 11.8 Å². The highest BCUT2D eigenvalue weighted by Gasteiger charge is 2.23. The lowest BCUT2D eigenvalue weighted by atomic mass is 9.88. The van der Waals surface area contributed by atoms with Gasteiger partial charge >= 0.3 is 5.97 Å². The average Bonchev–Trinajstić information content (AvgIpc) is 2.85. The maximum Gasteiger partial charge on any atom is 0.303 e. The number of hydrogen-bond donors (Lipinski definition) is 2. The molecule has 5 heteroatoms. The number of fused-ring (bicyclic) bond motifs is 1. The predicted molar refractivity (Wildman–Crippen MR) is 83.9 cm³/mol. The van der Waals surface area contributed by atoms with Crippen LogP contribution in [0.4, 0.5) is 0 Å². The fourth-order valence-corrected chi connectivity index (χ4v) is 3.95. The van der Waals surface area contributed by atoms with Crippen LogP contribution in [0.2, 0.25) is 0 Å². The summed E-state index contributed by atoms with van der Waals surface area (Å²) in [5.41, 5.74) is 2.06. The minimum Gasteiger partial charge on any atom is -0.481 e. The molecule has 2 unspecified atom stereocenters. The summed E-state index contributed by atoms with van der Waals surface area (Å²) in [6.07, 6.45) is 3.98. The molecule has 21 heavy (non-hydrogen) atoms. The van der Waals surface area contributed by atoms with Crippen LogP contribution in [0.25, 0.3) is 0 Å². The van der Waals surface area contributed by atoms with Crippen molar-refractivity contribution >= 4 is 23.2 Å². The van der Waals surface area contributed by atoms with E-state index in [0.29, 0.717) is 18.9 Å². The first-order valence-electron chi connectivity index (χ1n) is 7.56. The maximum absolute atomic E-state index is 12.3. The van der Waals surface area contributed by atoms with Gasteiger partial charge in [0.1, 0.15) is 0 Å². The Morgan fingerprint density at radius 1 is 1.52 bits per heavy atom. The molecule has 0 fully saturated rings. The number of carboxylic acids is 1. The molecular formula is C16H23NO3S. The molecule has 1 aliphatic carbocycles. The maximum atomic E-state index is 12.3. The summed E-state index contributed by atoms with van der Waals surface area (Å²) in [4.78, 5) is 24.2. The Bertz CT molecular complexity index is 524. The summed E-state index contributed by atoms with van der Waals surface area (Å²) in [5.74, 6) is 0.0982. The normalized spacial score (nSPS) is 18.9. The van der Waals surface area contributed by atoms with Crippen molar-refractivity contribution in [2.45, 2.75) is 46.0 Å². The summed E-state index contributed by atoms with van der Waals surface area (Å²) in [6, 6.07) is 0. The van der Waals surface area contributed by atoms with Crippen LogP contribution >= 0.6 is 11.3 Å². The van der Waals surface area contributed by atoms with Gasteiger partial charge in [0.15, 0.2) is 0 Å². The summed E-state index contributed by atoms with van der Waals surface area (Å²) in [6.45, 7) is 4.76. The van der Waals surface area contributed by atoms with E-state index in [4.69, 9.17) is 5.11 Å². The van der Waals surface area contributed by atoms with Crippen molar-refractivity contribution < 1.29 is 14.7 Å². The molecule has 2 rings (SSSR count). The Balaban J connectivity index is 1.88. The molecule has 0 spiro atoms. The fraction of sp³-hybridized carbons (Fsp3) is 0.625. The zero-order chi connectivity index (χ0) is 15.4. The van der Waals surface area contributed by atoms with Gasteiger partial charge in [0.2, 0.25) is 0 Å². The molecule has 0 saturated heterocycles. The monoisotopic (exact) mass is 309 g/mol. The Morgan fingerprint density at radius 3 is 3.00 bits per heavy atom. The Morgan fingerprint density at radius 2 is 2.29 bits per heavy atom. The molecule has 1 aromatic heterocycles. The summed E-state index contributed by atoms with van der Waals surface area (Å²) < 4.78 is 0. The number of aliphatic carboxylic acids is 1. The van der Waals surface area contributed by atoms with Gasteiger partial charge in [0.25, 0.3) is 5.91 Å². The molecular weight excluding hydrogens is 286 g/mol.